The number of aromatic nitrogens is 2. The monoisotopic (exact) mass is 617 g/mol. The molecule has 3 aliphatic heterocycles. The maximum Gasteiger partial charge on any atom is 0.246 e. The molecule has 9 nitrogen and oxygen atoms in total. The fourth-order valence-corrected chi connectivity index (χ4v) is 8.19. The van der Waals surface area contributed by atoms with E-state index in [9.17, 15) is 14.4 Å². The minimum atomic E-state index is -1.37. The average Bonchev–Trinajstić information content (AvgIpc) is 3.40. The smallest absolute Gasteiger partial charge is 0.246 e. The summed E-state index contributed by atoms with van der Waals surface area (Å²) in [5.41, 5.74) is 4.42. The second kappa shape index (κ2) is 10.5. The van der Waals surface area contributed by atoms with E-state index < -0.39 is 40.7 Å². The zero-order chi connectivity index (χ0) is 30.0. The first-order valence-corrected chi connectivity index (χ1v) is 15.1. The van der Waals surface area contributed by atoms with Crippen LogP contribution in [0.15, 0.2) is 24.5 Å². The molecule has 224 valence electrons. The number of carbonyl (C=O) groups is 3. The number of ether oxygens (including phenoxy) is 1. The molecule has 5 heterocycles. The summed E-state index contributed by atoms with van der Waals surface area (Å²) >= 11 is 12.4. The van der Waals surface area contributed by atoms with E-state index in [0.29, 0.717) is 36.9 Å². The summed E-state index contributed by atoms with van der Waals surface area (Å²) in [7, 11) is 0. The van der Waals surface area contributed by atoms with Crippen LogP contribution in [0.25, 0.3) is 0 Å². The number of halogens is 3. The Labute approximate surface area is 253 Å². The number of ketones is 1. The van der Waals surface area contributed by atoms with Gasteiger partial charge in [0.05, 0.1) is 12.6 Å². The van der Waals surface area contributed by atoms with Crippen molar-refractivity contribution in [2.75, 3.05) is 11.9 Å². The molecule has 3 fully saturated rings. The van der Waals surface area contributed by atoms with Crippen LogP contribution in [0.2, 0.25) is 10.3 Å². The zero-order valence-electron chi connectivity index (χ0n) is 23.5. The fraction of sp³-hybridized carbons (Fsp3) is 0.567. The van der Waals surface area contributed by atoms with Gasteiger partial charge in [0, 0.05) is 41.5 Å². The molecule has 0 radical (unpaired) electrons. The maximum atomic E-state index is 16.0. The Morgan fingerprint density at radius 3 is 2.57 bits per heavy atom. The molecule has 2 saturated heterocycles. The van der Waals surface area contributed by atoms with E-state index >= 15 is 4.39 Å². The summed E-state index contributed by atoms with van der Waals surface area (Å²) in [5.74, 6) is -2.87. The first kappa shape index (κ1) is 29.4. The molecule has 42 heavy (non-hydrogen) atoms. The minimum absolute atomic E-state index is 0.0312. The van der Waals surface area contributed by atoms with Gasteiger partial charge < -0.3 is 15.8 Å². The van der Waals surface area contributed by atoms with Gasteiger partial charge in [-0.3, -0.25) is 19.7 Å². The average molecular weight is 619 g/mol. The number of Topliss-reactive ketones (excluding diaryl/α,β-unsaturated/α-hetero) is 1. The molecule has 2 aromatic heterocycles. The largest absolute Gasteiger partial charge is 0.368 e. The Balaban J connectivity index is 1.49. The lowest BCUT2D eigenvalue weighted by atomic mass is 9.53. The van der Waals surface area contributed by atoms with Crippen molar-refractivity contribution in [1.29, 1.82) is 0 Å². The van der Waals surface area contributed by atoms with E-state index in [1.54, 1.807) is 12.3 Å². The predicted octanol–water partition coefficient (Wildman–Crippen LogP) is 4.45. The van der Waals surface area contributed by atoms with Gasteiger partial charge in [-0.1, -0.05) is 37.0 Å². The number of nitrogens with two attached hydrogens (primary N) is 1. The Hall–Kier alpha value is -2.66. The van der Waals surface area contributed by atoms with Crippen molar-refractivity contribution >= 4 is 46.5 Å². The third-order valence-corrected chi connectivity index (χ3v) is 10.6. The molecule has 2 amide bonds. The number of carbonyl (C=O) groups excluding carboxylic acids is 3. The second-order valence-electron chi connectivity index (χ2n) is 13.0. The summed E-state index contributed by atoms with van der Waals surface area (Å²) in [6.07, 6.45) is 6.22. The van der Waals surface area contributed by atoms with E-state index in [0.717, 1.165) is 12.8 Å². The van der Waals surface area contributed by atoms with Crippen LogP contribution in [0, 0.1) is 17.2 Å². The number of hydrogen-bond acceptors (Lipinski definition) is 7. The van der Waals surface area contributed by atoms with Gasteiger partial charge in [0.15, 0.2) is 16.8 Å². The highest BCUT2D eigenvalue weighted by Crippen LogP contribution is 2.64. The molecule has 0 unspecified atom stereocenters. The van der Waals surface area contributed by atoms with Crippen molar-refractivity contribution in [1.82, 2.24) is 15.3 Å². The highest BCUT2D eigenvalue weighted by molar-refractivity contribution is 6.30. The van der Waals surface area contributed by atoms with Crippen molar-refractivity contribution < 1.29 is 23.5 Å². The first-order valence-electron chi connectivity index (χ1n) is 14.4. The molecule has 0 aromatic carbocycles. The maximum absolute atomic E-state index is 16.0. The Bertz CT molecular complexity index is 1450. The normalized spacial score (nSPS) is 31.2. The molecule has 4 aliphatic rings. The molecule has 0 bridgehead atoms. The van der Waals surface area contributed by atoms with Gasteiger partial charge in [0.25, 0.3) is 0 Å². The summed E-state index contributed by atoms with van der Waals surface area (Å²) in [6, 6.07) is 2.19. The molecule has 12 heteroatoms. The van der Waals surface area contributed by atoms with Crippen LogP contribution in [0.4, 0.5) is 10.1 Å². The van der Waals surface area contributed by atoms with E-state index in [4.69, 9.17) is 33.7 Å². The van der Waals surface area contributed by atoms with Crippen molar-refractivity contribution in [3.05, 3.63) is 51.8 Å². The highest BCUT2D eigenvalue weighted by Gasteiger charge is 2.73. The number of primary amides is 1. The lowest BCUT2D eigenvalue weighted by Crippen LogP contribution is -2.61. The van der Waals surface area contributed by atoms with Gasteiger partial charge in [-0.05, 0) is 67.6 Å². The van der Waals surface area contributed by atoms with Crippen LogP contribution in [0.3, 0.4) is 0 Å². The van der Waals surface area contributed by atoms with E-state index in [1.165, 1.54) is 12.3 Å². The van der Waals surface area contributed by atoms with Crippen LogP contribution in [-0.2, 0) is 24.5 Å². The Morgan fingerprint density at radius 1 is 1.17 bits per heavy atom. The SMILES string of the molecule is CC1(C)CCC2(CC1)N[C@@H](C(=O)C[C@@H]1CC[C@@H](C(N)=O)OC1)[C@H](c1ccnc(Cl)c1F)[C@]21C(=O)Nc2cc(Cl)ncc21. The summed E-state index contributed by atoms with van der Waals surface area (Å²) < 4.78 is 21.6. The quantitative estimate of drug-likeness (QED) is 0.422. The molecule has 2 spiro atoms. The summed E-state index contributed by atoms with van der Waals surface area (Å²) in [6.45, 7) is 4.59. The lowest BCUT2D eigenvalue weighted by Gasteiger charge is -2.50. The van der Waals surface area contributed by atoms with E-state index in [2.05, 4.69) is 34.4 Å². The molecule has 4 N–H and O–H groups in total. The number of anilines is 1. The van der Waals surface area contributed by atoms with Crippen molar-refractivity contribution in [2.24, 2.45) is 17.1 Å². The van der Waals surface area contributed by atoms with E-state index in [-0.39, 0.29) is 51.9 Å². The third kappa shape index (κ3) is 4.53. The highest BCUT2D eigenvalue weighted by atomic mass is 35.5. The van der Waals surface area contributed by atoms with Gasteiger partial charge in [-0.25, -0.2) is 14.4 Å². The molecule has 5 atom stereocenters. The van der Waals surface area contributed by atoms with Gasteiger partial charge in [0.1, 0.15) is 16.7 Å². The molecule has 1 saturated carbocycles. The molecule has 2 aromatic rings. The topological polar surface area (TPSA) is 136 Å². The van der Waals surface area contributed by atoms with Gasteiger partial charge in [-0.15, -0.1) is 0 Å². The van der Waals surface area contributed by atoms with Crippen molar-refractivity contribution in [2.45, 2.75) is 87.8 Å². The molecule has 1 aliphatic carbocycles. The number of nitrogens with one attached hydrogen (secondary N) is 2. The van der Waals surface area contributed by atoms with Crippen molar-refractivity contribution in [3.63, 3.8) is 0 Å². The standard InChI is InChI=1S/C30H34Cl2FN5O4/c1-28(2)6-8-29(9-7-28)30(17-13-36-21(31)12-18(17)37-27(30)41)22(16-5-10-35-25(32)23(16)33)24(38-29)19(39)11-15-3-4-20(26(34)40)42-14-15/h5,10,12-13,15,20,22,24,38H,3-4,6-9,11,14H2,1-2H3,(H2,34,40)(H,37,41)/t15-,20-,22-,24-,30+/m0/s1. The Kier molecular flexibility index (Phi) is 7.36. The predicted molar refractivity (Wildman–Crippen MR) is 155 cm³/mol. The number of nitrogens with zero attached hydrogens (tertiary/aromatic N) is 2. The van der Waals surface area contributed by atoms with Crippen LogP contribution in [-0.4, -0.2) is 51.9 Å². The molecular formula is C30H34Cl2FN5O4. The number of fused-ring (bicyclic) bond motifs is 3. The van der Waals surface area contributed by atoms with Gasteiger partial charge >= 0.3 is 0 Å². The fourth-order valence-electron chi connectivity index (χ4n) is 7.86. The number of hydrogen-bond donors (Lipinski definition) is 3. The zero-order valence-corrected chi connectivity index (χ0v) is 25.0. The summed E-state index contributed by atoms with van der Waals surface area (Å²) in [5, 5.41) is 6.55. The third-order valence-electron chi connectivity index (χ3n) is 10.1. The number of rotatable bonds is 5. The first-order chi connectivity index (χ1) is 19.9. The second-order valence-corrected chi connectivity index (χ2v) is 13.7. The van der Waals surface area contributed by atoms with Gasteiger partial charge in [0.2, 0.25) is 11.8 Å². The summed E-state index contributed by atoms with van der Waals surface area (Å²) in [4.78, 5) is 48.6. The van der Waals surface area contributed by atoms with Gasteiger partial charge in [-0.2, -0.15) is 0 Å². The van der Waals surface area contributed by atoms with Crippen LogP contribution < -0.4 is 16.4 Å². The van der Waals surface area contributed by atoms with E-state index in [1.807, 2.05) is 0 Å². The Morgan fingerprint density at radius 2 is 1.90 bits per heavy atom. The lowest BCUT2D eigenvalue weighted by molar-refractivity contribution is -0.135. The van der Waals surface area contributed by atoms with Crippen molar-refractivity contribution in [3.8, 4) is 0 Å². The van der Waals surface area contributed by atoms with Crippen LogP contribution in [0.1, 0.15) is 75.8 Å². The molecule has 6 rings (SSSR count). The van der Waals surface area contributed by atoms with Crippen LogP contribution >= 0.6 is 23.2 Å². The number of amides is 2. The minimum Gasteiger partial charge on any atom is -0.368 e. The molecular weight excluding hydrogens is 584 g/mol. The number of pyridine rings is 2. The van der Waals surface area contributed by atoms with Crippen LogP contribution in [0.5, 0.6) is 0 Å².